The van der Waals surface area contributed by atoms with Crippen LogP contribution in [0.1, 0.15) is 18.9 Å². The Bertz CT molecular complexity index is 544. The van der Waals surface area contributed by atoms with Crippen molar-refractivity contribution in [3.05, 3.63) is 44.4 Å². The minimum absolute atomic E-state index is 0.0110. The number of allylic oxidation sites excluding steroid dienone is 2. The third kappa shape index (κ3) is 5.74. The van der Waals surface area contributed by atoms with Gasteiger partial charge in [0.25, 0.3) is 0 Å². The number of hydrogen-bond acceptors (Lipinski definition) is 3. The molecule has 0 aliphatic rings. The van der Waals surface area contributed by atoms with Gasteiger partial charge in [-0.25, -0.2) is 0 Å². The molecule has 116 valence electrons. The first kappa shape index (κ1) is 17.5. The van der Waals surface area contributed by atoms with Crippen LogP contribution in [-0.4, -0.2) is 17.7 Å². The zero-order valence-corrected chi connectivity index (χ0v) is 12.7. The SMILES string of the molecule is CCCOc1c(C/C=C/C(F)(F)F)cc(Br)cc1[N+](=O)[O-]. The molecule has 8 heteroatoms. The van der Waals surface area contributed by atoms with Gasteiger partial charge in [-0.1, -0.05) is 28.9 Å². The third-order valence-corrected chi connectivity index (χ3v) is 2.86. The van der Waals surface area contributed by atoms with Crippen LogP contribution in [0, 0.1) is 10.1 Å². The Morgan fingerprint density at radius 3 is 2.62 bits per heavy atom. The van der Waals surface area contributed by atoms with E-state index < -0.39 is 11.1 Å². The van der Waals surface area contributed by atoms with Crippen LogP contribution in [0.4, 0.5) is 18.9 Å². The van der Waals surface area contributed by atoms with Gasteiger partial charge < -0.3 is 4.74 Å². The number of alkyl halides is 3. The van der Waals surface area contributed by atoms with Crippen molar-refractivity contribution in [3.63, 3.8) is 0 Å². The number of benzene rings is 1. The molecule has 0 spiro atoms. The molecular formula is C13H13BrF3NO3. The zero-order chi connectivity index (χ0) is 16.0. The Labute approximate surface area is 127 Å². The number of hydrogen-bond donors (Lipinski definition) is 0. The fraction of sp³-hybridized carbons (Fsp3) is 0.385. The molecule has 0 aliphatic heterocycles. The average molecular weight is 368 g/mol. The summed E-state index contributed by atoms with van der Waals surface area (Å²) < 4.78 is 42.1. The molecule has 0 saturated carbocycles. The second-order valence-corrected chi connectivity index (χ2v) is 5.08. The van der Waals surface area contributed by atoms with Crippen molar-refractivity contribution in [3.8, 4) is 5.75 Å². The lowest BCUT2D eigenvalue weighted by Crippen LogP contribution is -2.04. The van der Waals surface area contributed by atoms with Gasteiger partial charge in [-0.3, -0.25) is 10.1 Å². The molecule has 0 radical (unpaired) electrons. The molecule has 0 N–H and O–H groups in total. The first-order valence-electron chi connectivity index (χ1n) is 6.08. The molecule has 0 bridgehead atoms. The Kier molecular flexibility index (Phi) is 6.19. The van der Waals surface area contributed by atoms with Crippen molar-refractivity contribution in [1.82, 2.24) is 0 Å². The molecule has 0 amide bonds. The van der Waals surface area contributed by atoms with Gasteiger partial charge in [0.2, 0.25) is 5.75 Å². The smallest absolute Gasteiger partial charge is 0.409 e. The van der Waals surface area contributed by atoms with Crippen LogP contribution >= 0.6 is 15.9 Å². The Morgan fingerprint density at radius 1 is 1.43 bits per heavy atom. The average Bonchev–Trinajstić information content (AvgIpc) is 2.35. The first-order chi connectivity index (χ1) is 9.74. The predicted octanol–water partition coefficient (Wildman–Crippen LogP) is 4.81. The number of ether oxygens (including phenoxy) is 1. The van der Waals surface area contributed by atoms with Crippen LogP contribution in [0.2, 0.25) is 0 Å². The highest BCUT2D eigenvalue weighted by Gasteiger charge is 2.23. The van der Waals surface area contributed by atoms with Gasteiger partial charge in [-0.15, -0.1) is 0 Å². The Balaban J connectivity index is 3.15. The molecule has 0 fully saturated rings. The molecule has 21 heavy (non-hydrogen) atoms. The second-order valence-electron chi connectivity index (χ2n) is 4.17. The molecule has 1 aromatic rings. The number of rotatable bonds is 6. The van der Waals surface area contributed by atoms with Crippen molar-refractivity contribution >= 4 is 21.6 Å². The van der Waals surface area contributed by atoms with Crippen LogP contribution < -0.4 is 4.74 Å². The van der Waals surface area contributed by atoms with Gasteiger partial charge in [0.05, 0.1) is 11.5 Å². The molecular weight excluding hydrogens is 355 g/mol. The van der Waals surface area contributed by atoms with Crippen LogP contribution in [0.3, 0.4) is 0 Å². The van der Waals surface area contributed by atoms with Crippen molar-refractivity contribution in [2.75, 3.05) is 6.61 Å². The van der Waals surface area contributed by atoms with Gasteiger partial charge in [0.15, 0.2) is 0 Å². The van der Waals surface area contributed by atoms with E-state index in [1.165, 1.54) is 12.1 Å². The summed E-state index contributed by atoms with van der Waals surface area (Å²) in [7, 11) is 0. The van der Waals surface area contributed by atoms with Gasteiger partial charge in [0.1, 0.15) is 0 Å². The number of halogens is 4. The lowest BCUT2D eigenvalue weighted by Gasteiger charge is -2.11. The summed E-state index contributed by atoms with van der Waals surface area (Å²) >= 11 is 3.11. The van der Waals surface area contributed by atoms with E-state index in [2.05, 4.69) is 15.9 Å². The molecule has 0 saturated heterocycles. The molecule has 0 unspecified atom stereocenters. The summed E-state index contributed by atoms with van der Waals surface area (Å²) in [5.74, 6) is 0.0110. The number of nitro benzene ring substituents is 1. The number of nitro groups is 1. The second kappa shape index (κ2) is 7.44. The maximum absolute atomic E-state index is 12.1. The van der Waals surface area contributed by atoms with E-state index in [0.717, 1.165) is 6.08 Å². The van der Waals surface area contributed by atoms with E-state index in [-0.39, 0.29) is 30.5 Å². The highest BCUT2D eigenvalue weighted by Crippen LogP contribution is 2.35. The highest BCUT2D eigenvalue weighted by atomic mass is 79.9. The van der Waals surface area contributed by atoms with Crippen molar-refractivity contribution in [2.24, 2.45) is 0 Å². The van der Waals surface area contributed by atoms with Crippen molar-refractivity contribution in [2.45, 2.75) is 25.9 Å². The lowest BCUT2D eigenvalue weighted by molar-refractivity contribution is -0.386. The highest BCUT2D eigenvalue weighted by molar-refractivity contribution is 9.10. The van der Waals surface area contributed by atoms with E-state index in [4.69, 9.17) is 4.74 Å². The molecule has 0 aromatic heterocycles. The standard InChI is InChI=1S/C13H13BrF3NO3/c1-2-6-21-12-9(4-3-5-13(15,16)17)7-10(14)8-11(12)18(19)20/h3,5,7-8H,2,4,6H2,1H3/b5-3+. The van der Waals surface area contributed by atoms with E-state index in [9.17, 15) is 23.3 Å². The van der Waals surface area contributed by atoms with E-state index >= 15 is 0 Å². The molecule has 1 rings (SSSR count). The maximum atomic E-state index is 12.1. The third-order valence-electron chi connectivity index (χ3n) is 2.40. The number of nitrogens with zero attached hydrogens (tertiary/aromatic N) is 1. The fourth-order valence-electron chi connectivity index (χ4n) is 1.61. The predicted molar refractivity (Wildman–Crippen MR) is 75.5 cm³/mol. The summed E-state index contributed by atoms with van der Waals surface area (Å²) in [6.07, 6.45) is -2.89. The molecule has 1 aromatic carbocycles. The Hall–Kier alpha value is -1.57. The van der Waals surface area contributed by atoms with Gasteiger partial charge in [0, 0.05) is 22.2 Å². The summed E-state index contributed by atoms with van der Waals surface area (Å²) in [6, 6.07) is 2.78. The minimum atomic E-state index is -4.41. The fourth-order valence-corrected chi connectivity index (χ4v) is 2.11. The summed E-state index contributed by atoms with van der Waals surface area (Å²) in [4.78, 5) is 10.4. The molecule has 0 atom stereocenters. The van der Waals surface area contributed by atoms with Crippen LogP contribution in [0.15, 0.2) is 28.8 Å². The quantitative estimate of drug-likeness (QED) is 0.412. The van der Waals surface area contributed by atoms with Crippen molar-refractivity contribution < 1.29 is 22.8 Å². The zero-order valence-electron chi connectivity index (χ0n) is 11.1. The van der Waals surface area contributed by atoms with E-state index in [1.807, 2.05) is 6.92 Å². The molecule has 4 nitrogen and oxygen atoms in total. The van der Waals surface area contributed by atoms with E-state index in [0.29, 0.717) is 16.5 Å². The molecule has 0 heterocycles. The van der Waals surface area contributed by atoms with Gasteiger partial charge in [-0.05, 0) is 18.9 Å². The monoisotopic (exact) mass is 367 g/mol. The van der Waals surface area contributed by atoms with Crippen molar-refractivity contribution in [1.29, 1.82) is 0 Å². The summed E-state index contributed by atoms with van der Waals surface area (Å²) in [5.41, 5.74) is 0.0539. The van der Waals surface area contributed by atoms with Crippen LogP contribution in [-0.2, 0) is 6.42 Å². The minimum Gasteiger partial charge on any atom is -0.487 e. The summed E-state index contributed by atoms with van der Waals surface area (Å²) in [5, 5.41) is 11.0. The largest absolute Gasteiger partial charge is 0.487 e. The van der Waals surface area contributed by atoms with E-state index in [1.54, 1.807) is 0 Å². The van der Waals surface area contributed by atoms with Crippen LogP contribution in [0.25, 0.3) is 0 Å². The Morgan fingerprint density at radius 2 is 2.10 bits per heavy atom. The lowest BCUT2D eigenvalue weighted by atomic mass is 10.1. The summed E-state index contributed by atoms with van der Waals surface area (Å²) in [6.45, 7) is 2.08. The topological polar surface area (TPSA) is 52.4 Å². The van der Waals surface area contributed by atoms with Gasteiger partial charge >= 0.3 is 11.9 Å². The normalized spacial score (nSPS) is 11.9. The van der Waals surface area contributed by atoms with Crippen LogP contribution in [0.5, 0.6) is 5.75 Å². The maximum Gasteiger partial charge on any atom is 0.409 e. The van der Waals surface area contributed by atoms with Gasteiger partial charge in [-0.2, -0.15) is 13.2 Å². The first-order valence-corrected chi connectivity index (χ1v) is 6.88. The molecule has 0 aliphatic carbocycles.